The van der Waals surface area contributed by atoms with E-state index in [1.165, 1.54) is 6.07 Å². The Hall–Kier alpha value is -1.11. The zero-order valence-corrected chi connectivity index (χ0v) is 11.2. The van der Waals surface area contributed by atoms with Gasteiger partial charge in [-0.15, -0.1) is 0 Å². The van der Waals surface area contributed by atoms with E-state index in [2.05, 4.69) is 4.90 Å². The summed E-state index contributed by atoms with van der Waals surface area (Å²) in [7, 11) is -1.38. The molecule has 100 valence electrons. The first-order valence-corrected chi connectivity index (χ1v) is 7.51. The zero-order chi connectivity index (χ0) is 13.2. The summed E-state index contributed by atoms with van der Waals surface area (Å²) in [6.07, 6.45) is -0.268. The van der Waals surface area contributed by atoms with Gasteiger partial charge in [0.25, 0.3) is 0 Å². The number of ether oxygens (including phenoxy) is 1. The van der Waals surface area contributed by atoms with Crippen molar-refractivity contribution >= 4 is 15.5 Å². The third-order valence-electron chi connectivity index (χ3n) is 2.96. The second kappa shape index (κ2) is 5.26. The van der Waals surface area contributed by atoms with E-state index in [-0.39, 0.29) is 16.8 Å². The van der Waals surface area contributed by atoms with Gasteiger partial charge in [-0.1, -0.05) is 6.07 Å². The van der Waals surface area contributed by atoms with E-state index < -0.39 is 9.84 Å². The quantitative estimate of drug-likeness (QED) is 0.804. The minimum atomic E-state index is -3.34. The fourth-order valence-corrected chi connectivity index (χ4v) is 3.50. The number of likely N-dealkylation sites (N-methyl/N-ethyl adjacent to an activating group) is 1. The lowest BCUT2D eigenvalue weighted by Gasteiger charge is -2.29. The first-order valence-electron chi connectivity index (χ1n) is 5.86. The van der Waals surface area contributed by atoms with Crippen molar-refractivity contribution in [1.29, 1.82) is 0 Å². The first kappa shape index (κ1) is 13.3. The van der Waals surface area contributed by atoms with Crippen LogP contribution in [-0.2, 0) is 14.6 Å². The Labute approximate surface area is 107 Å². The summed E-state index contributed by atoms with van der Waals surface area (Å²) in [5.74, 6) is 0.000787. The predicted octanol–water partition coefficient (Wildman–Crippen LogP) is 0.373. The van der Waals surface area contributed by atoms with Gasteiger partial charge in [0.2, 0.25) is 0 Å². The van der Waals surface area contributed by atoms with Crippen molar-refractivity contribution < 1.29 is 13.2 Å². The smallest absolute Gasteiger partial charge is 0.181 e. The van der Waals surface area contributed by atoms with Gasteiger partial charge < -0.3 is 15.4 Å². The molecule has 0 radical (unpaired) electrons. The number of nitrogen functional groups attached to an aromatic ring is 1. The number of nitrogens with two attached hydrogens (primary N) is 1. The molecule has 1 aliphatic rings. The van der Waals surface area contributed by atoms with Crippen LogP contribution in [0.1, 0.15) is 0 Å². The van der Waals surface area contributed by atoms with Gasteiger partial charge in [0, 0.05) is 18.8 Å². The lowest BCUT2D eigenvalue weighted by Crippen LogP contribution is -2.43. The summed E-state index contributed by atoms with van der Waals surface area (Å²) < 4.78 is 29.9. The molecule has 1 aromatic rings. The molecule has 1 aliphatic heterocycles. The van der Waals surface area contributed by atoms with E-state index in [9.17, 15) is 8.42 Å². The van der Waals surface area contributed by atoms with E-state index in [4.69, 9.17) is 10.5 Å². The molecule has 0 saturated carbocycles. The van der Waals surface area contributed by atoms with Crippen LogP contribution in [0, 0.1) is 0 Å². The number of hydrogen-bond acceptors (Lipinski definition) is 5. The Balaban J connectivity index is 2.12. The fourth-order valence-electron chi connectivity index (χ4n) is 2.02. The zero-order valence-electron chi connectivity index (χ0n) is 10.4. The lowest BCUT2D eigenvalue weighted by atomic mass is 10.3. The van der Waals surface area contributed by atoms with Gasteiger partial charge >= 0.3 is 0 Å². The van der Waals surface area contributed by atoms with Crippen molar-refractivity contribution in [2.75, 3.05) is 38.2 Å². The second-order valence-corrected chi connectivity index (χ2v) is 6.64. The SMILES string of the molecule is CN1CCOC(CS(=O)(=O)c2cccc(N)c2)C1. The second-order valence-electron chi connectivity index (χ2n) is 4.61. The van der Waals surface area contributed by atoms with Crippen LogP contribution >= 0.6 is 0 Å². The fraction of sp³-hybridized carbons (Fsp3) is 0.500. The van der Waals surface area contributed by atoms with E-state index in [1.807, 2.05) is 7.05 Å². The molecule has 0 aromatic heterocycles. The van der Waals surface area contributed by atoms with Crippen molar-refractivity contribution in [3.8, 4) is 0 Å². The molecule has 1 atom stereocenters. The van der Waals surface area contributed by atoms with Gasteiger partial charge in [0.1, 0.15) is 0 Å². The topological polar surface area (TPSA) is 72.6 Å². The first-order chi connectivity index (χ1) is 8.47. The monoisotopic (exact) mass is 270 g/mol. The maximum atomic E-state index is 12.2. The molecule has 0 spiro atoms. The Morgan fingerprint density at radius 3 is 2.94 bits per heavy atom. The average molecular weight is 270 g/mol. The van der Waals surface area contributed by atoms with Crippen LogP contribution in [0.25, 0.3) is 0 Å². The highest BCUT2D eigenvalue weighted by molar-refractivity contribution is 7.91. The van der Waals surface area contributed by atoms with Crippen LogP contribution < -0.4 is 5.73 Å². The number of benzene rings is 1. The van der Waals surface area contributed by atoms with Crippen molar-refractivity contribution in [3.63, 3.8) is 0 Å². The molecular weight excluding hydrogens is 252 g/mol. The summed E-state index contributed by atoms with van der Waals surface area (Å²) in [4.78, 5) is 2.34. The van der Waals surface area contributed by atoms with Gasteiger partial charge in [-0.3, -0.25) is 0 Å². The minimum Gasteiger partial charge on any atom is -0.399 e. The van der Waals surface area contributed by atoms with Gasteiger partial charge in [0.15, 0.2) is 9.84 Å². The number of anilines is 1. The molecule has 1 heterocycles. The largest absolute Gasteiger partial charge is 0.399 e. The Bertz CT molecular complexity index is 516. The van der Waals surface area contributed by atoms with E-state index in [1.54, 1.807) is 18.2 Å². The Morgan fingerprint density at radius 2 is 2.28 bits per heavy atom. The minimum absolute atomic E-state index is 0.000787. The van der Waals surface area contributed by atoms with Gasteiger partial charge in [-0.05, 0) is 25.2 Å². The molecule has 2 N–H and O–H groups in total. The molecule has 1 aromatic carbocycles. The van der Waals surface area contributed by atoms with E-state index >= 15 is 0 Å². The van der Waals surface area contributed by atoms with Gasteiger partial charge in [-0.2, -0.15) is 0 Å². The summed E-state index contributed by atoms with van der Waals surface area (Å²) >= 11 is 0. The highest BCUT2D eigenvalue weighted by Crippen LogP contribution is 2.17. The number of sulfone groups is 1. The van der Waals surface area contributed by atoms with Crippen LogP contribution in [-0.4, -0.2) is 51.9 Å². The summed E-state index contributed by atoms with van der Waals surface area (Å²) in [5.41, 5.74) is 6.06. The van der Waals surface area contributed by atoms with Crippen LogP contribution in [0.4, 0.5) is 5.69 Å². The number of hydrogen-bond donors (Lipinski definition) is 1. The summed E-state index contributed by atoms with van der Waals surface area (Å²) in [6, 6.07) is 6.38. The van der Waals surface area contributed by atoms with Crippen LogP contribution in [0.2, 0.25) is 0 Å². The van der Waals surface area contributed by atoms with E-state index in [0.717, 1.165) is 6.54 Å². The van der Waals surface area contributed by atoms with Gasteiger partial charge in [-0.25, -0.2) is 8.42 Å². The molecule has 1 fully saturated rings. The van der Waals surface area contributed by atoms with Crippen molar-refractivity contribution in [1.82, 2.24) is 4.90 Å². The summed E-state index contributed by atoms with van der Waals surface area (Å²) in [5, 5.41) is 0. The Morgan fingerprint density at radius 1 is 1.50 bits per heavy atom. The molecule has 1 saturated heterocycles. The molecule has 2 rings (SSSR count). The summed E-state index contributed by atoms with van der Waals surface area (Å²) in [6.45, 7) is 2.06. The number of nitrogens with zero attached hydrogens (tertiary/aromatic N) is 1. The van der Waals surface area contributed by atoms with E-state index in [0.29, 0.717) is 18.8 Å². The van der Waals surface area contributed by atoms with Crippen molar-refractivity contribution in [2.24, 2.45) is 0 Å². The third kappa shape index (κ3) is 3.22. The maximum absolute atomic E-state index is 12.2. The predicted molar refractivity (Wildman–Crippen MR) is 70.1 cm³/mol. The lowest BCUT2D eigenvalue weighted by molar-refractivity contribution is -0.00680. The van der Waals surface area contributed by atoms with Crippen LogP contribution in [0.5, 0.6) is 0 Å². The van der Waals surface area contributed by atoms with Crippen LogP contribution in [0.3, 0.4) is 0 Å². The normalized spacial score (nSPS) is 21.9. The maximum Gasteiger partial charge on any atom is 0.181 e. The van der Waals surface area contributed by atoms with Gasteiger partial charge in [0.05, 0.1) is 23.4 Å². The highest BCUT2D eigenvalue weighted by atomic mass is 32.2. The number of rotatable bonds is 3. The Kier molecular flexibility index (Phi) is 3.89. The molecular formula is C12H18N2O3S. The molecule has 0 aliphatic carbocycles. The highest BCUT2D eigenvalue weighted by Gasteiger charge is 2.25. The third-order valence-corrected chi connectivity index (χ3v) is 4.75. The standard InChI is InChI=1S/C12H18N2O3S/c1-14-5-6-17-11(8-14)9-18(15,16)12-4-2-3-10(13)7-12/h2-4,7,11H,5-6,8-9,13H2,1H3. The molecule has 1 unspecified atom stereocenters. The van der Waals surface area contributed by atoms with Crippen molar-refractivity contribution in [2.45, 2.75) is 11.0 Å². The molecule has 0 bridgehead atoms. The molecule has 18 heavy (non-hydrogen) atoms. The van der Waals surface area contributed by atoms with Crippen LogP contribution in [0.15, 0.2) is 29.2 Å². The molecule has 5 nitrogen and oxygen atoms in total. The average Bonchev–Trinajstić information content (AvgIpc) is 2.28. The number of morpholine rings is 1. The molecule has 6 heteroatoms. The molecule has 0 amide bonds. The van der Waals surface area contributed by atoms with Crippen molar-refractivity contribution in [3.05, 3.63) is 24.3 Å².